The summed E-state index contributed by atoms with van der Waals surface area (Å²) in [6.45, 7) is 6.52. The summed E-state index contributed by atoms with van der Waals surface area (Å²) in [5.41, 5.74) is 2.26. The van der Waals surface area contributed by atoms with Gasteiger partial charge >= 0.3 is 0 Å². The largest absolute Gasteiger partial charge is 0.325 e. The van der Waals surface area contributed by atoms with Crippen LogP contribution in [0, 0.1) is 13.8 Å². The fraction of sp³-hybridized carbons (Fsp3) is 0.600. The monoisotopic (exact) mass is 180 g/mol. The van der Waals surface area contributed by atoms with Gasteiger partial charge in [0.25, 0.3) is 0 Å². The molecular formula is C10H16N2O. The van der Waals surface area contributed by atoms with Crippen LogP contribution in [0.2, 0.25) is 0 Å². The lowest BCUT2D eigenvalue weighted by molar-refractivity contribution is -0.108. The third-order valence-corrected chi connectivity index (χ3v) is 2.25. The summed E-state index contributed by atoms with van der Waals surface area (Å²) in [6.07, 6.45) is 3.01. The SMILES string of the molecule is CCCc1nc(C)n(CC=O)c1C. The minimum atomic E-state index is 0.425. The van der Waals surface area contributed by atoms with Gasteiger partial charge < -0.3 is 9.36 Å². The van der Waals surface area contributed by atoms with Crippen molar-refractivity contribution in [1.29, 1.82) is 0 Å². The second-order valence-electron chi connectivity index (χ2n) is 3.22. The summed E-state index contributed by atoms with van der Waals surface area (Å²) in [6, 6.07) is 0. The van der Waals surface area contributed by atoms with Gasteiger partial charge in [-0.15, -0.1) is 0 Å². The highest BCUT2D eigenvalue weighted by Crippen LogP contribution is 2.11. The molecule has 13 heavy (non-hydrogen) atoms. The summed E-state index contributed by atoms with van der Waals surface area (Å²) in [7, 11) is 0. The van der Waals surface area contributed by atoms with E-state index in [1.165, 1.54) is 0 Å². The van der Waals surface area contributed by atoms with Gasteiger partial charge in [-0.1, -0.05) is 13.3 Å². The molecule has 0 fully saturated rings. The van der Waals surface area contributed by atoms with Crippen LogP contribution >= 0.6 is 0 Å². The zero-order valence-corrected chi connectivity index (χ0v) is 8.50. The zero-order valence-electron chi connectivity index (χ0n) is 8.50. The predicted molar refractivity (Wildman–Crippen MR) is 51.8 cm³/mol. The highest BCUT2D eigenvalue weighted by atomic mass is 16.1. The van der Waals surface area contributed by atoms with Crippen LogP contribution in [0.1, 0.15) is 30.6 Å². The highest BCUT2D eigenvalue weighted by Gasteiger charge is 2.08. The van der Waals surface area contributed by atoms with Gasteiger partial charge in [-0.2, -0.15) is 0 Å². The van der Waals surface area contributed by atoms with E-state index in [1.807, 2.05) is 18.4 Å². The molecule has 3 nitrogen and oxygen atoms in total. The lowest BCUT2D eigenvalue weighted by Gasteiger charge is -2.01. The minimum absolute atomic E-state index is 0.425. The number of hydrogen-bond acceptors (Lipinski definition) is 2. The van der Waals surface area contributed by atoms with E-state index < -0.39 is 0 Å². The van der Waals surface area contributed by atoms with Crippen LogP contribution in [0.15, 0.2) is 0 Å². The Morgan fingerprint density at radius 3 is 2.69 bits per heavy atom. The molecule has 0 atom stereocenters. The fourth-order valence-corrected chi connectivity index (χ4v) is 1.55. The number of hydrogen-bond donors (Lipinski definition) is 0. The quantitative estimate of drug-likeness (QED) is 0.660. The number of aldehydes is 1. The summed E-state index contributed by atoms with van der Waals surface area (Å²) < 4.78 is 1.96. The van der Waals surface area contributed by atoms with Crippen molar-refractivity contribution in [2.24, 2.45) is 0 Å². The Balaban J connectivity index is 2.99. The Kier molecular flexibility index (Phi) is 3.23. The van der Waals surface area contributed by atoms with Gasteiger partial charge in [0.2, 0.25) is 0 Å². The van der Waals surface area contributed by atoms with Crippen LogP contribution in [0.25, 0.3) is 0 Å². The third-order valence-electron chi connectivity index (χ3n) is 2.25. The molecule has 0 unspecified atom stereocenters. The zero-order chi connectivity index (χ0) is 9.84. The van der Waals surface area contributed by atoms with Crippen molar-refractivity contribution < 1.29 is 4.79 Å². The van der Waals surface area contributed by atoms with Crippen molar-refractivity contribution in [3.63, 3.8) is 0 Å². The number of carbonyl (C=O) groups excluding carboxylic acids is 1. The molecule has 0 aliphatic rings. The standard InChI is InChI=1S/C10H16N2O/c1-4-5-10-8(2)12(6-7-13)9(3)11-10/h7H,4-6H2,1-3H3. The van der Waals surface area contributed by atoms with Gasteiger partial charge in [0, 0.05) is 5.69 Å². The molecule has 72 valence electrons. The smallest absolute Gasteiger partial charge is 0.139 e. The van der Waals surface area contributed by atoms with E-state index in [0.717, 1.165) is 36.3 Å². The molecule has 0 N–H and O–H groups in total. The van der Waals surface area contributed by atoms with Crippen LogP contribution < -0.4 is 0 Å². The maximum absolute atomic E-state index is 10.4. The number of rotatable bonds is 4. The first-order valence-electron chi connectivity index (χ1n) is 4.67. The fourth-order valence-electron chi connectivity index (χ4n) is 1.55. The third kappa shape index (κ3) is 1.97. The van der Waals surface area contributed by atoms with E-state index in [1.54, 1.807) is 0 Å². The van der Waals surface area contributed by atoms with Crippen molar-refractivity contribution in [2.45, 2.75) is 40.2 Å². The molecule has 1 heterocycles. The van der Waals surface area contributed by atoms with E-state index in [4.69, 9.17) is 0 Å². The molecule has 1 aromatic rings. The number of aryl methyl sites for hydroxylation is 2. The number of aromatic nitrogens is 2. The first-order valence-corrected chi connectivity index (χ1v) is 4.67. The first-order chi connectivity index (χ1) is 6.20. The Morgan fingerprint density at radius 2 is 2.15 bits per heavy atom. The summed E-state index contributed by atoms with van der Waals surface area (Å²) in [4.78, 5) is 14.8. The van der Waals surface area contributed by atoms with Crippen LogP contribution in [0.4, 0.5) is 0 Å². The topological polar surface area (TPSA) is 34.9 Å². The average molecular weight is 180 g/mol. The van der Waals surface area contributed by atoms with Crippen molar-refractivity contribution in [2.75, 3.05) is 0 Å². The summed E-state index contributed by atoms with van der Waals surface area (Å²) >= 11 is 0. The second kappa shape index (κ2) is 4.21. The van der Waals surface area contributed by atoms with E-state index >= 15 is 0 Å². The lowest BCUT2D eigenvalue weighted by atomic mass is 10.2. The second-order valence-corrected chi connectivity index (χ2v) is 3.22. The Morgan fingerprint density at radius 1 is 1.46 bits per heavy atom. The number of nitrogens with zero attached hydrogens (tertiary/aromatic N) is 2. The normalized spacial score (nSPS) is 10.4. The molecule has 0 aromatic carbocycles. The summed E-state index contributed by atoms with van der Waals surface area (Å²) in [5.74, 6) is 0.938. The van der Waals surface area contributed by atoms with E-state index in [-0.39, 0.29) is 0 Å². The molecule has 0 aliphatic heterocycles. The number of imidazole rings is 1. The van der Waals surface area contributed by atoms with Crippen LogP contribution in [-0.2, 0) is 17.8 Å². The molecule has 0 spiro atoms. The first kappa shape index (κ1) is 9.96. The Labute approximate surface area is 78.8 Å². The van der Waals surface area contributed by atoms with E-state index in [9.17, 15) is 4.79 Å². The van der Waals surface area contributed by atoms with Crippen molar-refractivity contribution in [3.8, 4) is 0 Å². The molecule has 0 bridgehead atoms. The minimum Gasteiger partial charge on any atom is -0.325 e. The van der Waals surface area contributed by atoms with Crippen LogP contribution in [0.3, 0.4) is 0 Å². The van der Waals surface area contributed by atoms with Gasteiger partial charge in [-0.25, -0.2) is 4.98 Å². The maximum Gasteiger partial charge on any atom is 0.139 e. The van der Waals surface area contributed by atoms with Gasteiger partial charge in [0.1, 0.15) is 12.1 Å². The van der Waals surface area contributed by atoms with Crippen molar-refractivity contribution in [3.05, 3.63) is 17.2 Å². The molecule has 1 rings (SSSR count). The maximum atomic E-state index is 10.4. The van der Waals surface area contributed by atoms with Gasteiger partial charge in [-0.05, 0) is 20.3 Å². The molecule has 0 amide bonds. The highest BCUT2D eigenvalue weighted by molar-refractivity contribution is 5.49. The van der Waals surface area contributed by atoms with Crippen LogP contribution in [-0.4, -0.2) is 15.8 Å². The molecule has 1 aromatic heterocycles. The number of carbonyl (C=O) groups is 1. The van der Waals surface area contributed by atoms with Gasteiger partial charge in [-0.3, -0.25) is 0 Å². The van der Waals surface area contributed by atoms with Crippen molar-refractivity contribution in [1.82, 2.24) is 9.55 Å². The Bertz CT molecular complexity index is 302. The average Bonchev–Trinajstić information content (AvgIpc) is 2.34. The van der Waals surface area contributed by atoms with Crippen LogP contribution in [0.5, 0.6) is 0 Å². The van der Waals surface area contributed by atoms with Crippen molar-refractivity contribution >= 4 is 6.29 Å². The molecule has 0 saturated carbocycles. The lowest BCUT2D eigenvalue weighted by Crippen LogP contribution is -2.03. The summed E-state index contributed by atoms with van der Waals surface area (Å²) in [5, 5.41) is 0. The van der Waals surface area contributed by atoms with E-state index in [0.29, 0.717) is 6.54 Å². The van der Waals surface area contributed by atoms with Gasteiger partial charge in [0.05, 0.1) is 12.2 Å². The van der Waals surface area contributed by atoms with E-state index in [2.05, 4.69) is 11.9 Å². The van der Waals surface area contributed by atoms with Gasteiger partial charge in [0.15, 0.2) is 0 Å². The molecule has 3 heteroatoms. The predicted octanol–water partition coefficient (Wildman–Crippen LogP) is 1.65. The Hall–Kier alpha value is -1.12. The molecule has 0 saturated heterocycles. The molecule has 0 aliphatic carbocycles. The molecular weight excluding hydrogens is 164 g/mol. The molecule has 0 radical (unpaired) electrons.